The molecule has 0 fully saturated rings. The van der Waals surface area contributed by atoms with Crippen molar-refractivity contribution in [2.24, 2.45) is 0 Å². The van der Waals surface area contributed by atoms with Crippen LogP contribution in [0.3, 0.4) is 0 Å². The number of rotatable bonds is 3. The van der Waals surface area contributed by atoms with Crippen LogP contribution in [-0.4, -0.2) is 9.13 Å². The van der Waals surface area contributed by atoms with E-state index >= 15 is 0 Å². The van der Waals surface area contributed by atoms with Gasteiger partial charge in [-0.25, -0.2) is 0 Å². The van der Waals surface area contributed by atoms with Gasteiger partial charge in [0.15, 0.2) is 0 Å². The van der Waals surface area contributed by atoms with Crippen molar-refractivity contribution >= 4 is 97.5 Å². The zero-order valence-corrected chi connectivity index (χ0v) is 33.8. The molecule has 62 heavy (non-hydrogen) atoms. The summed E-state index contributed by atoms with van der Waals surface area (Å²) in [5, 5.41) is 16.9. The third-order valence-electron chi connectivity index (χ3n) is 13.0. The molecule has 0 N–H and O–H groups in total. The number of hydrogen-bond acceptors (Lipinski definition) is 0. The summed E-state index contributed by atoms with van der Waals surface area (Å²) in [6.45, 7) is 0. The molecule has 0 aliphatic carbocycles. The molecule has 2 aromatic heterocycles. The van der Waals surface area contributed by atoms with Gasteiger partial charge in [0, 0.05) is 38.5 Å². The molecule has 0 aliphatic rings. The lowest BCUT2D eigenvalue weighted by Crippen LogP contribution is -1.95. The molecule has 0 spiro atoms. The maximum Gasteiger partial charge on any atom is 0.0619 e. The van der Waals surface area contributed by atoms with Gasteiger partial charge < -0.3 is 9.13 Å². The molecule has 13 rings (SSSR count). The molecule has 11 aromatic carbocycles. The van der Waals surface area contributed by atoms with Crippen LogP contribution in [0.2, 0.25) is 0 Å². The quantitative estimate of drug-likeness (QED) is 0.169. The molecule has 0 atom stereocenters. The van der Waals surface area contributed by atoms with E-state index in [-0.39, 0.29) is 0 Å². The van der Waals surface area contributed by atoms with Crippen molar-refractivity contribution in [3.05, 3.63) is 231 Å². The third-order valence-corrected chi connectivity index (χ3v) is 13.0. The van der Waals surface area contributed by atoms with Gasteiger partial charge in [-0.1, -0.05) is 140 Å². The Morgan fingerprint density at radius 3 is 1.05 bits per heavy atom. The zero-order valence-electron chi connectivity index (χ0n) is 33.8. The van der Waals surface area contributed by atoms with Crippen LogP contribution in [0.4, 0.5) is 0 Å². The number of nitrogens with zero attached hydrogens (tertiary/aromatic N) is 2. The van der Waals surface area contributed by atoms with Gasteiger partial charge in [-0.05, 0) is 150 Å². The fraction of sp³-hybridized carbons (Fsp3) is 0. The van der Waals surface area contributed by atoms with Crippen LogP contribution in [0.15, 0.2) is 231 Å². The van der Waals surface area contributed by atoms with Gasteiger partial charge in [-0.2, -0.15) is 0 Å². The zero-order chi connectivity index (χ0) is 40.7. The van der Waals surface area contributed by atoms with Crippen molar-refractivity contribution in [1.82, 2.24) is 9.13 Å². The van der Waals surface area contributed by atoms with Crippen molar-refractivity contribution in [2.75, 3.05) is 0 Å². The van der Waals surface area contributed by atoms with E-state index in [4.69, 9.17) is 0 Å². The molecule has 0 amide bonds. The first-order valence-corrected chi connectivity index (χ1v) is 21.4. The lowest BCUT2D eigenvalue weighted by molar-refractivity contribution is 1.18. The first kappa shape index (κ1) is 34.6. The molecular formula is C60H38N2. The van der Waals surface area contributed by atoms with Crippen LogP contribution in [0.25, 0.3) is 120 Å². The largest absolute Gasteiger partial charge is 0.309 e. The van der Waals surface area contributed by atoms with E-state index in [0.717, 1.165) is 11.4 Å². The number of fused-ring (bicyclic) bond motifs is 15. The Morgan fingerprint density at radius 1 is 0.226 bits per heavy atom. The molecule has 0 saturated heterocycles. The summed E-state index contributed by atoms with van der Waals surface area (Å²) in [5.74, 6) is 0. The minimum atomic E-state index is 1.14. The molecule has 2 heterocycles. The van der Waals surface area contributed by atoms with Crippen LogP contribution >= 0.6 is 0 Å². The molecule has 0 aliphatic heterocycles. The molecule has 0 unspecified atom stereocenters. The Balaban J connectivity index is 1.24. The van der Waals surface area contributed by atoms with Gasteiger partial charge in [-0.15, -0.1) is 0 Å². The van der Waals surface area contributed by atoms with E-state index in [1.807, 2.05) is 0 Å². The summed E-state index contributed by atoms with van der Waals surface area (Å²) in [6, 6.07) is 85.5. The predicted octanol–water partition coefficient (Wildman–Crippen LogP) is 16.4. The Kier molecular flexibility index (Phi) is 7.64. The van der Waals surface area contributed by atoms with Crippen LogP contribution in [0.1, 0.15) is 0 Å². The van der Waals surface area contributed by atoms with Crippen LogP contribution in [0, 0.1) is 0 Å². The Labute approximate surface area is 358 Å². The first-order valence-electron chi connectivity index (χ1n) is 21.4. The van der Waals surface area contributed by atoms with E-state index in [0.29, 0.717) is 0 Å². The van der Waals surface area contributed by atoms with E-state index in [1.165, 1.54) is 109 Å². The summed E-state index contributed by atoms with van der Waals surface area (Å²) in [7, 11) is 0. The normalized spacial score (nSPS) is 11.9. The van der Waals surface area contributed by atoms with E-state index < -0.39 is 0 Å². The Hall–Kier alpha value is -8.20. The maximum absolute atomic E-state index is 2.47. The van der Waals surface area contributed by atoms with Crippen molar-refractivity contribution in [3.8, 4) is 22.5 Å². The van der Waals surface area contributed by atoms with Crippen molar-refractivity contribution in [1.29, 1.82) is 0 Å². The predicted molar refractivity (Wildman–Crippen MR) is 266 cm³/mol. The smallest absolute Gasteiger partial charge is 0.0619 e. The number of para-hydroxylation sites is 2. The lowest BCUT2D eigenvalue weighted by Gasteiger charge is -2.12. The monoisotopic (exact) mass is 786 g/mol. The van der Waals surface area contributed by atoms with Crippen LogP contribution in [-0.2, 0) is 0 Å². The van der Waals surface area contributed by atoms with Crippen molar-refractivity contribution < 1.29 is 0 Å². The summed E-state index contributed by atoms with van der Waals surface area (Å²) in [5.41, 5.74) is 9.46. The average Bonchev–Trinajstić information content (AvgIpc) is 3.86. The highest BCUT2D eigenvalue weighted by Gasteiger charge is 2.19. The third kappa shape index (κ3) is 5.44. The van der Waals surface area contributed by atoms with E-state index in [1.54, 1.807) is 0 Å². The fourth-order valence-corrected chi connectivity index (χ4v) is 10.0. The topological polar surface area (TPSA) is 9.86 Å². The average molecular weight is 787 g/mol. The van der Waals surface area contributed by atoms with Crippen molar-refractivity contribution in [3.63, 3.8) is 0 Å². The Morgan fingerprint density at radius 2 is 0.581 bits per heavy atom. The van der Waals surface area contributed by atoms with Crippen LogP contribution in [0.5, 0.6) is 0 Å². The lowest BCUT2D eigenvalue weighted by atomic mass is 9.97. The minimum absolute atomic E-state index is 1.14. The molecule has 13 aromatic rings. The summed E-state index contributed by atoms with van der Waals surface area (Å²) in [4.78, 5) is 0. The standard InChI is InChI=1S/C60H38N2/c1-4-13-39(14-5-1)52-37-49-38-56-55-36-48(27-30-59(55)62(60(52)56)51-23-8-3-9-24-51)47-26-29-58-54(35-47)53-34-46(25-28-57(53)61(58)50-21-6-2-7-22-50)44-19-11-17-42(32-44)40-15-10-16-41(31-40)43-18-12-20-45(49)33-43/h1-38H. The number of aromatic nitrogens is 2. The van der Waals surface area contributed by atoms with Gasteiger partial charge >= 0.3 is 0 Å². The maximum atomic E-state index is 2.47. The van der Waals surface area contributed by atoms with Crippen molar-refractivity contribution in [2.45, 2.75) is 0 Å². The molecule has 0 saturated carbocycles. The van der Waals surface area contributed by atoms with Gasteiger partial charge in [0.2, 0.25) is 0 Å². The molecule has 14 bridgehead atoms. The fourth-order valence-electron chi connectivity index (χ4n) is 10.0. The molecule has 2 heteroatoms. The number of hydrogen-bond donors (Lipinski definition) is 0. The molecule has 2 nitrogen and oxygen atoms in total. The molecular weight excluding hydrogens is 749 g/mol. The highest BCUT2D eigenvalue weighted by molar-refractivity contribution is 6.19. The Bertz CT molecular complexity index is 4010. The minimum Gasteiger partial charge on any atom is -0.309 e. The second-order valence-corrected chi connectivity index (χ2v) is 16.6. The SMILES string of the molecule is c1ccc(-c2cc3cc4c5cc(ccc5n(-c5ccccc5)c24)c2ccc4c(c2)c2cc(ccc2n4-c2ccccc2)c2cccc(c2)c2cccc(c2)c2cccc3c2)cc1. The van der Waals surface area contributed by atoms with Gasteiger partial charge in [-0.3, -0.25) is 0 Å². The summed E-state index contributed by atoms with van der Waals surface area (Å²) < 4.78 is 4.88. The first-order chi connectivity index (χ1) is 30.7. The van der Waals surface area contributed by atoms with E-state index in [9.17, 15) is 0 Å². The molecule has 288 valence electrons. The highest BCUT2D eigenvalue weighted by atomic mass is 15.0. The molecule has 0 radical (unpaired) electrons. The van der Waals surface area contributed by atoms with Gasteiger partial charge in [0.05, 0.1) is 22.1 Å². The van der Waals surface area contributed by atoms with Crippen LogP contribution < -0.4 is 0 Å². The van der Waals surface area contributed by atoms with Gasteiger partial charge in [0.25, 0.3) is 0 Å². The second kappa shape index (κ2) is 13.7. The second-order valence-electron chi connectivity index (χ2n) is 16.6. The number of benzene rings is 10. The highest BCUT2D eigenvalue weighted by Crippen LogP contribution is 2.42. The summed E-state index contributed by atoms with van der Waals surface area (Å²) in [6.07, 6.45) is 0. The summed E-state index contributed by atoms with van der Waals surface area (Å²) >= 11 is 0. The van der Waals surface area contributed by atoms with E-state index in [2.05, 4.69) is 240 Å². The van der Waals surface area contributed by atoms with Gasteiger partial charge in [0.1, 0.15) is 0 Å².